The summed E-state index contributed by atoms with van der Waals surface area (Å²) in [7, 11) is 2.20. The Labute approximate surface area is 183 Å². The van der Waals surface area contributed by atoms with Gasteiger partial charge in [-0.2, -0.15) is 0 Å². The first-order valence-electron chi connectivity index (χ1n) is 10.6. The van der Waals surface area contributed by atoms with Crippen LogP contribution in [-0.2, 0) is 0 Å². The van der Waals surface area contributed by atoms with Crippen molar-refractivity contribution >= 4 is 29.9 Å². The number of nitrogens with one attached hydrogen (secondary N) is 2. The zero-order chi connectivity index (χ0) is 18.8. The van der Waals surface area contributed by atoms with E-state index in [0.717, 1.165) is 58.2 Å². The fourth-order valence-electron chi connectivity index (χ4n) is 4.25. The summed E-state index contributed by atoms with van der Waals surface area (Å²) in [6, 6.07) is 0.508. The summed E-state index contributed by atoms with van der Waals surface area (Å²) < 4.78 is 0. The lowest BCUT2D eigenvalue weighted by molar-refractivity contribution is 0.120. The molecule has 2 aliphatic rings. The third-order valence-corrected chi connectivity index (χ3v) is 6.20. The van der Waals surface area contributed by atoms with Crippen molar-refractivity contribution in [3.05, 3.63) is 0 Å². The van der Waals surface area contributed by atoms with E-state index >= 15 is 0 Å². The van der Waals surface area contributed by atoms with E-state index in [-0.39, 0.29) is 36.0 Å². The van der Waals surface area contributed by atoms with E-state index in [0.29, 0.717) is 6.04 Å². The van der Waals surface area contributed by atoms with Crippen LogP contribution in [0.3, 0.4) is 0 Å². The molecule has 2 rings (SSSR count). The second kappa shape index (κ2) is 13.2. The van der Waals surface area contributed by atoms with Crippen LogP contribution in [-0.4, -0.2) is 86.4 Å². The molecule has 1 aliphatic carbocycles. The van der Waals surface area contributed by atoms with Gasteiger partial charge in [-0.05, 0) is 45.6 Å². The Hall–Kier alpha value is -0.120. The van der Waals surface area contributed by atoms with E-state index in [2.05, 4.69) is 41.3 Å². The van der Waals surface area contributed by atoms with Crippen LogP contribution in [0.15, 0.2) is 4.99 Å². The molecule has 6 nitrogen and oxygen atoms in total. The van der Waals surface area contributed by atoms with Crippen LogP contribution in [0.4, 0.5) is 0 Å². The maximum Gasteiger partial charge on any atom is 0.191 e. The molecule has 1 saturated carbocycles. The van der Waals surface area contributed by atoms with Gasteiger partial charge in [-0.1, -0.05) is 19.3 Å². The Kier molecular flexibility index (Phi) is 12.2. The van der Waals surface area contributed by atoms with Crippen LogP contribution in [0.5, 0.6) is 0 Å². The summed E-state index contributed by atoms with van der Waals surface area (Å²) in [4.78, 5) is 9.87. The van der Waals surface area contributed by atoms with Gasteiger partial charge < -0.3 is 20.6 Å². The van der Waals surface area contributed by atoms with Crippen molar-refractivity contribution in [2.75, 3.05) is 59.5 Å². The molecule has 2 fully saturated rings. The molecule has 0 aromatic rings. The molecule has 0 aromatic carbocycles. The summed E-state index contributed by atoms with van der Waals surface area (Å²) in [6.45, 7) is 11.9. The van der Waals surface area contributed by atoms with Crippen LogP contribution >= 0.6 is 24.0 Å². The summed E-state index contributed by atoms with van der Waals surface area (Å²) in [6.07, 6.45) is 7.17. The van der Waals surface area contributed by atoms with Crippen molar-refractivity contribution in [1.82, 2.24) is 20.4 Å². The molecule has 1 heterocycles. The van der Waals surface area contributed by atoms with Gasteiger partial charge in [0.2, 0.25) is 0 Å². The molecule has 0 radical (unpaired) electrons. The highest BCUT2D eigenvalue weighted by Crippen LogP contribution is 2.39. The summed E-state index contributed by atoms with van der Waals surface area (Å²) in [5, 5.41) is 16.4. The molecule has 27 heavy (non-hydrogen) atoms. The molecule has 7 heteroatoms. The van der Waals surface area contributed by atoms with Crippen molar-refractivity contribution in [2.24, 2.45) is 10.4 Å². The van der Waals surface area contributed by atoms with Gasteiger partial charge in [-0.3, -0.25) is 9.89 Å². The molecule has 0 bridgehead atoms. The average molecular weight is 495 g/mol. The fourth-order valence-corrected chi connectivity index (χ4v) is 4.25. The first kappa shape index (κ1) is 24.9. The number of rotatable bonds is 8. The maximum atomic E-state index is 9.50. The quantitative estimate of drug-likeness (QED) is 0.274. The Bertz CT molecular complexity index is 415. The molecular weight excluding hydrogens is 453 g/mol. The Morgan fingerprint density at radius 2 is 1.78 bits per heavy atom. The minimum absolute atomic E-state index is 0. The second-order valence-corrected chi connectivity index (χ2v) is 8.30. The van der Waals surface area contributed by atoms with Crippen molar-refractivity contribution in [3.63, 3.8) is 0 Å². The second-order valence-electron chi connectivity index (χ2n) is 8.30. The smallest absolute Gasteiger partial charge is 0.191 e. The standard InChI is InChI=1S/C20H41N5O.HI/c1-4-21-19(22-16-18(2)25-13-11-24(3)12-14-25)23-17-20(10-15-26)8-6-5-7-9-20;/h18,26H,4-17H2,1-3H3,(H2,21,22,23);1H. The van der Waals surface area contributed by atoms with Crippen LogP contribution in [0, 0.1) is 5.41 Å². The van der Waals surface area contributed by atoms with Crippen molar-refractivity contribution < 1.29 is 5.11 Å². The highest BCUT2D eigenvalue weighted by atomic mass is 127. The molecule has 1 unspecified atom stereocenters. The third-order valence-electron chi connectivity index (χ3n) is 6.20. The number of halogens is 1. The summed E-state index contributed by atoms with van der Waals surface area (Å²) >= 11 is 0. The number of guanidine groups is 1. The predicted octanol–water partition coefficient (Wildman–Crippen LogP) is 2.13. The van der Waals surface area contributed by atoms with E-state index in [4.69, 9.17) is 4.99 Å². The highest BCUT2D eigenvalue weighted by molar-refractivity contribution is 14.0. The Balaban J connectivity index is 0.00000364. The zero-order valence-electron chi connectivity index (χ0n) is 17.7. The summed E-state index contributed by atoms with van der Waals surface area (Å²) in [5.41, 5.74) is 0.207. The molecule has 1 aliphatic heterocycles. The van der Waals surface area contributed by atoms with Gasteiger partial charge in [0, 0.05) is 58.5 Å². The lowest BCUT2D eigenvalue weighted by Crippen LogP contribution is -2.52. The Morgan fingerprint density at radius 1 is 1.11 bits per heavy atom. The minimum Gasteiger partial charge on any atom is -0.396 e. The molecule has 1 atom stereocenters. The highest BCUT2D eigenvalue weighted by Gasteiger charge is 2.31. The zero-order valence-corrected chi connectivity index (χ0v) is 20.0. The van der Waals surface area contributed by atoms with Crippen LogP contribution in [0.2, 0.25) is 0 Å². The van der Waals surface area contributed by atoms with Crippen molar-refractivity contribution in [1.29, 1.82) is 0 Å². The monoisotopic (exact) mass is 495 g/mol. The van der Waals surface area contributed by atoms with E-state index < -0.39 is 0 Å². The van der Waals surface area contributed by atoms with Crippen LogP contribution < -0.4 is 10.6 Å². The molecule has 0 amide bonds. The molecule has 0 spiro atoms. The number of aliphatic imine (C=N–C) groups is 1. The van der Waals surface area contributed by atoms with Crippen molar-refractivity contribution in [2.45, 2.75) is 58.4 Å². The average Bonchev–Trinajstić information content (AvgIpc) is 2.65. The maximum absolute atomic E-state index is 9.50. The number of hydrogen-bond donors (Lipinski definition) is 3. The fraction of sp³-hybridized carbons (Fsp3) is 0.950. The number of nitrogens with zero attached hydrogens (tertiary/aromatic N) is 3. The van der Waals surface area contributed by atoms with Gasteiger partial charge in [-0.25, -0.2) is 0 Å². The topological polar surface area (TPSA) is 63.1 Å². The number of aliphatic hydroxyl groups is 1. The number of hydrogen-bond acceptors (Lipinski definition) is 4. The lowest BCUT2D eigenvalue weighted by atomic mass is 9.72. The first-order chi connectivity index (χ1) is 12.6. The van der Waals surface area contributed by atoms with Gasteiger partial charge in [0.1, 0.15) is 0 Å². The van der Waals surface area contributed by atoms with Crippen molar-refractivity contribution in [3.8, 4) is 0 Å². The summed E-state index contributed by atoms with van der Waals surface area (Å²) in [5.74, 6) is 0.927. The normalized spacial score (nSPS) is 22.7. The largest absolute Gasteiger partial charge is 0.396 e. The van der Waals surface area contributed by atoms with Gasteiger partial charge in [0.25, 0.3) is 0 Å². The predicted molar refractivity (Wildman–Crippen MR) is 125 cm³/mol. The number of likely N-dealkylation sites (N-methyl/N-ethyl adjacent to an activating group) is 1. The molecular formula is C20H42IN5O. The van der Waals surface area contributed by atoms with E-state index in [1.807, 2.05) is 0 Å². The minimum atomic E-state index is 0. The first-order valence-corrected chi connectivity index (χ1v) is 10.6. The number of piperazine rings is 1. The van der Waals surface area contributed by atoms with Crippen LogP contribution in [0.25, 0.3) is 0 Å². The lowest BCUT2D eigenvalue weighted by Gasteiger charge is -2.37. The number of aliphatic hydroxyl groups excluding tert-OH is 1. The van der Waals surface area contributed by atoms with Gasteiger partial charge >= 0.3 is 0 Å². The van der Waals surface area contributed by atoms with Gasteiger partial charge in [0.05, 0.1) is 0 Å². The SMILES string of the molecule is CCNC(=NCC1(CCO)CCCCC1)NCC(C)N1CCN(C)CC1.I. The molecule has 0 aromatic heterocycles. The van der Waals surface area contributed by atoms with Crippen LogP contribution in [0.1, 0.15) is 52.4 Å². The van der Waals surface area contributed by atoms with E-state index in [1.54, 1.807) is 0 Å². The molecule has 3 N–H and O–H groups in total. The van der Waals surface area contributed by atoms with Gasteiger partial charge in [-0.15, -0.1) is 24.0 Å². The molecule has 1 saturated heterocycles. The van der Waals surface area contributed by atoms with Gasteiger partial charge in [0.15, 0.2) is 5.96 Å². The Morgan fingerprint density at radius 3 is 2.37 bits per heavy atom. The van der Waals surface area contributed by atoms with E-state index in [1.165, 1.54) is 32.1 Å². The molecule has 160 valence electrons. The van der Waals surface area contributed by atoms with E-state index in [9.17, 15) is 5.11 Å². The third kappa shape index (κ3) is 8.41.